The molecule has 3 heterocycles. The first-order valence-corrected chi connectivity index (χ1v) is 10.6. The third-order valence-corrected chi connectivity index (χ3v) is 5.55. The number of hydrazine groups is 1. The van der Waals surface area contributed by atoms with E-state index in [1.807, 2.05) is 11.9 Å². The van der Waals surface area contributed by atoms with Crippen LogP contribution in [0.3, 0.4) is 0 Å². The van der Waals surface area contributed by atoms with Crippen LogP contribution in [0.1, 0.15) is 56.0 Å². The summed E-state index contributed by atoms with van der Waals surface area (Å²) in [4.78, 5) is 26.4. The van der Waals surface area contributed by atoms with Crippen LogP contribution in [0.15, 0.2) is 24.3 Å². The minimum atomic E-state index is -0.249. The molecule has 1 fully saturated rings. The van der Waals surface area contributed by atoms with E-state index in [0.29, 0.717) is 18.9 Å². The van der Waals surface area contributed by atoms with Crippen molar-refractivity contribution in [1.82, 2.24) is 25.9 Å². The third kappa shape index (κ3) is 4.11. The minimum absolute atomic E-state index is 0.181. The van der Waals surface area contributed by atoms with Crippen molar-refractivity contribution in [3.05, 3.63) is 41.1 Å². The fourth-order valence-electron chi connectivity index (χ4n) is 4.18. The van der Waals surface area contributed by atoms with Gasteiger partial charge in [-0.3, -0.25) is 15.3 Å². The molecule has 1 aromatic heterocycles. The van der Waals surface area contributed by atoms with Crippen LogP contribution in [0.5, 0.6) is 0 Å². The number of hydrogen-bond donors (Lipinski definition) is 4. The van der Waals surface area contributed by atoms with E-state index in [0.717, 1.165) is 36.3 Å². The first-order valence-electron chi connectivity index (χ1n) is 10.6. The molecule has 30 heavy (non-hydrogen) atoms. The number of amides is 3. The Morgan fingerprint density at radius 1 is 1.20 bits per heavy atom. The number of benzene rings is 1. The molecule has 2 aliphatic rings. The number of rotatable bonds is 6. The number of fused-ring (bicyclic) bond motifs is 1. The summed E-state index contributed by atoms with van der Waals surface area (Å²) in [6.07, 6.45) is 3.32. The van der Waals surface area contributed by atoms with Crippen LogP contribution in [-0.4, -0.2) is 46.8 Å². The zero-order chi connectivity index (χ0) is 21.1. The summed E-state index contributed by atoms with van der Waals surface area (Å²) >= 11 is 0. The predicted octanol–water partition coefficient (Wildman–Crippen LogP) is 2.50. The molecule has 0 saturated carbocycles. The summed E-state index contributed by atoms with van der Waals surface area (Å²) in [6, 6.07) is 7.96. The normalized spacial score (nSPS) is 18.3. The SMILES string of the molecule is CCCNC(=O)NN1Cc2[nH]nc(NC(C)=O)c2C1c1ccc(N2CCCC2)cc1. The third-order valence-electron chi connectivity index (χ3n) is 5.55. The number of nitrogens with zero attached hydrogens (tertiary/aromatic N) is 3. The molecule has 2 aromatic rings. The van der Waals surface area contributed by atoms with Crippen LogP contribution in [0, 0.1) is 0 Å². The lowest BCUT2D eigenvalue weighted by atomic mass is 10.0. The maximum Gasteiger partial charge on any atom is 0.329 e. The molecular formula is C21H29N7O2. The van der Waals surface area contributed by atoms with E-state index in [2.05, 4.69) is 55.4 Å². The van der Waals surface area contributed by atoms with E-state index in [1.54, 1.807) is 0 Å². The van der Waals surface area contributed by atoms with E-state index in [4.69, 9.17) is 0 Å². The number of nitrogens with one attached hydrogen (secondary N) is 4. The summed E-state index contributed by atoms with van der Waals surface area (Å²) in [6.45, 7) is 6.74. The second-order valence-electron chi connectivity index (χ2n) is 7.83. The molecule has 9 heteroatoms. The quantitative estimate of drug-likeness (QED) is 0.585. The lowest BCUT2D eigenvalue weighted by molar-refractivity contribution is -0.114. The molecule has 1 aromatic carbocycles. The molecule has 0 bridgehead atoms. The van der Waals surface area contributed by atoms with Crippen LogP contribution in [0.4, 0.5) is 16.3 Å². The summed E-state index contributed by atoms with van der Waals surface area (Å²) in [5.41, 5.74) is 6.96. The summed E-state index contributed by atoms with van der Waals surface area (Å²) in [7, 11) is 0. The zero-order valence-corrected chi connectivity index (χ0v) is 17.5. The Bertz CT molecular complexity index is 903. The van der Waals surface area contributed by atoms with E-state index < -0.39 is 0 Å². The monoisotopic (exact) mass is 411 g/mol. The molecule has 3 amide bonds. The maximum atomic E-state index is 12.3. The lowest BCUT2D eigenvalue weighted by Gasteiger charge is -2.27. The van der Waals surface area contributed by atoms with Gasteiger partial charge in [0.1, 0.15) is 0 Å². The van der Waals surface area contributed by atoms with Gasteiger partial charge in [0.25, 0.3) is 0 Å². The topological polar surface area (TPSA) is 105 Å². The molecule has 2 aliphatic heterocycles. The Balaban J connectivity index is 1.62. The van der Waals surface area contributed by atoms with Gasteiger partial charge in [-0.2, -0.15) is 5.10 Å². The zero-order valence-electron chi connectivity index (χ0n) is 17.5. The minimum Gasteiger partial charge on any atom is -0.372 e. The highest BCUT2D eigenvalue weighted by atomic mass is 16.2. The van der Waals surface area contributed by atoms with Crippen molar-refractivity contribution in [3.63, 3.8) is 0 Å². The smallest absolute Gasteiger partial charge is 0.329 e. The van der Waals surface area contributed by atoms with Gasteiger partial charge in [0, 0.05) is 37.8 Å². The largest absolute Gasteiger partial charge is 0.372 e. The van der Waals surface area contributed by atoms with Gasteiger partial charge in [0.2, 0.25) is 5.91 Å². The number of carbonyl (C=O) groups is 2. The molecule has 4 rings (SSSR count). The molecule has 1 saturated heterocycles. The van der Waals surface area contributed by atoms with Crippen LogP contribution in [-0.2, 0) is 11.3 Å². The molecule has 4 N–H and O–H groups in total. The van der Waals surface area contributed by atoms with Crippen LogP contribution < -0.4 is 21.0 Å². The average Bonchev–Trinajstić information content (AvgIpc) is 3.45. The fraction of sp³-hybridized carbons (Fsp3) is 0.476. The van der Waals surface area contributed by atoms with Crippen LogP contribution in [0.25, 0.3) is 0 Å². The second kappa shape index (κ2) is 8.74. The summed E-state index contributed by atoms with van der Waals surface area (Å²) in [5.74, 6) is 0.323. The highest BCUT2D eigenvalue weighted by molar-refractivity contribution is 5.89. The van der Waals surface area contributed by atoms with Crippen molar-refractivity contribution in [2.75, 3.05) is 29.9 Å². The molecule has 160 valence electrons. The van der Waals surface area contributed by atoms with E-state index in [-0.39, 0.29) is 18.0 Å². The Morgan fingerprint density at radius 2 is 1.93 bits per heavy atom. The van der Waals surface area contributed by atoms with Crippen molar-refractivity contribution in [3.8, 4) is 0 Å². The van der Waals surface area contributed by atoms with Crippen molar-refractivity contribution < 1.29 is 9.59 Å². The number of H-pyrrole nitrogens is 1. The number of aromatic amines is 1. The lowest BCUT2D eigenvalue weighted by Crippen LogP contribution is -2.46. The molecule has 1 atom stereocenters. The first kappa shape index (κ1) is 20.2. The predicted molar refractivity (Wildman–Crippen MR) is 115 cm³/mol. The average molecular weight is 412 g/mol. The second-order valence-corrected chi connectivity index (χ2v) is 7.83. The molecule has 1 unspecified atom stereocenters. The van der Waals surface area contributed by atoms with Crippen LogP contribution in [0.2, 0.25) is 0 Å². The van der Waals surface area contributed by atoms with Crippen molar-refractivity contribution in [1.29, 1.82) is 0 Å². The summed E-state index contributed by atoms with van der Waals surface area (Å²) < 4.78 is 0. The van der Waals surface area contributed by atoms with Crippen molar-refractivity contribution in [2.45, 2.75) is 45.7 Å². The van der Waals surface area contributed by atoms with Gasteiger partial charge in [-0.15, -0.1) is 0 Å². The standard InChI is InChI=1S/C21H29N7O2/c1-3-10-22-21(30)26-28-13-17-18(20(25-24-17)23-14(2)29)19(28)15-6-8-16(9-7-15)27-11-4-5-12-27/h6-9,19H,3-5,10-13H2,1-2H3,(H2,22,26,30)(H2,23,24,25,29). The van der Waals surface area contributed by atoms with Crippen molar-refractivity contribution >= 4 is 23.4 Å². The maximum absolute atomic E-state index is 12.3. The number of hydrogen-bond acceptors (Lipinski definition) is 5. The van der Waals surface area contributed by atoms with Gasteiger partial charge < -0.3 is 15.5 Å². The van der Waals surface area contributed by atoms with E-state index in [1.165, 1.54) is 25.5 Å². The Morgan fingerprint density at radius 3 is 2.60 bits per heavy atom. The number of aromatic nitrogens is 2. The van der Waals surface area contributed by atoms with E-state index >= 15 is 0 Å². The van der Waals surface area contributed by atoms with Gasteiger partial charge in [-0.25, -0.2) is 9.80 Å². The highest BCUT2D eigenvalue weighted by Crippen LogP contribution is 2.41. The Hall–Kier alpha value is -3.07. The molecule has 0 aliphatic carbocycles. The molecule has 9 nitrogen and oxygen atoms in total. The molecular weight excluding hydrogens is 382 g/mol. The summed E-state index contributed by atoms with van der Waals surface area (Å²) in [5, 5.41) is 14.8. The van der Waals surface area contributed by atoms with Gasteiger partial charge in [-0.05, 0) is 37.0 Å². The van der Waals surface area contributed by atoms with Gasteiger partial charge in [-0.1, -0.05) is 19.1 Å². The van der Waals surface area contributed by atoms with Crippen LogP contribution >= 0.6 is 0 Å². The molecule has 0 radical (unpaired) electrons. The first-order chi connectivity index (χ1) is 14.6. The van der Waals surface area contributed by atoms with Crippen molar-refractivity contribution in [2.24, 2.45) is 0 Å². The van der Waals surface area contributed by atoms with Gasteiger partial charge >= 0.3 is 6.03 Å². The number of urea groups is 1. The Labute approximate surface area is 176 Å². The Kier molecular flexibility index (Phi) is 5.89. The fourth-order valence-corrected chi connectivity index (χ4v) is 4.18. The van der Waals surface area contributed by atoms with E-state index in [9.17, 15) is 9.59 Å². The number of anilines is 2. The number of carbonyl (C=O) groups excluding carboxylic acids is 2. The molecule has 0 spiro atoms. The highest BCUT2D eigenvalue weighted by Gasteiger charge is 2.37. The van der Waals surface area contributed by atoms with Gasteiger partial charge in [0.05, 0.1) is 18.3 Å². The van der Waals surface area contributed by atoms with Gasteiger partial charge in [0.15, 0.2) is 5.82 Å².